The molecule has 0 saturated carbocycles. The number of carbonyl (C=O) groups excluding carboxylic acids is 1. The lowest BCUT2D eigenvalue weighted by Crippen LogP contribution is -2.07. The first-order chi connectivity index (χ1) is 9.06. The van der Waals surface area contributed by atoms with E-state index in [1.165, 1.54) is 6.07 Å². The normalized spacial score (nSPS) is 10.5. The Morgan fingerprint density at radius 3 is 2.95 bits per heavy atom. The van der Waals surface area contributed by atoms with Crippen LogP contribution in [0, 0.1) is 0 Å². The topological polar surface area (TPSA) is 88.1 Å². The molecule has 8 heteroatoms. The zero-order valence-electron chi connectivity index (χ0n) is 9.78. The Hall–Kier alpha value is -1.60. The highest BCUT2D eigenvalue weighted by molar-refractivity contribution is 9.10. The molecule has 0 aliphatic heterocycles. The number of nitrogens with one attached hydrogen (secondary N) is 1. The highest BCUT2D eigenvalue weighted by Crippen LogP contribution is 2.40. The minimum atomic E-state index is -0.627. The molecular weight excluding hydrogens is 337 g/mol. The summed E-state index contributed by atoms with van der Waals surface area (Å²) in [5, 5.41) is 20.1. The lowest BCUT2D eigenvalue weighted by atomic mass is 10.1. The van der Waals surface area contributed by atoms with Crippen LogP contribution in [0.3, 0.4) is 0 Å². The van der Waals surface area contributed by atoms with Crippen molar-refractivity contribution in [1.82, 2.24) is 15.4 Å². The number of halogens is 2. The molecule has 0 spiro atoms. The number of hydrogen-bond donors (Lipinski definition) is 2. The average Bonchev–Trinajstić information content (AvgIpc) is 2.84. The molecule has 0 unspecified atom stereocenters. The van der Waals surface area contributed by atoms with Crippen molar-refractivity contribution in [2.75, 3.05) is 6.61 Å². The number of phenolic OH excluding ortho intramolecular Hbond substituents is 1. The zero-order chi connectivity index (χ0) is 14.0. The lowest BCUT2D eigenvalue weighted by molar-refractivity contribution is 0.0520. The van der Waals surface area contributed by atoms with E-state index < -0.39 is 5.97 Å². The van der Waals surface area contributed by atoms with Gasteiger partial charge in [-0.15, -0.1) is 5.10 Å². The second kappa shape index (κ2) is 5.58. The van der Waals surface area contributed by atoms with Crippen molar-refractivity contribution in [2.24, 2.45) is 0 Å². The number of esters is 1. The smallest absolute Gasteiger partial charge is 0.361 e. The molecule has 1 heterocycles. The third-order valence-corrected chi connectivity index (χ3v) is 3.30. The van der Waals surface area contributed by atoms with E-state index in [0.717, 1.165) is 0 Å². The molecule has 0 aliphatic rings. The van der Waals surface area contributed by atoms with Crippen LogP contribution >= 0.6 is 27.5 Å². The van der Waals surface area contributed by atoms with Crippen LogP contribution in [-0.2, 0) is 4.74 Å². The van der Waals surface area contributed by atoms with E-state index >= 15 is 0 Å². The number of benzene rings is 1. The molecule has 0 bridgehead atoms. The van der Waals surface area contributed by atoms with Crippen LogP contribution in [0.25, 0.3) is 11.3 Å². The van der Waals surface area contributed by atoms with Crippen LogP contribution in [0.5, 0.6) is 5.75 Å². The van der Waals surface area contributed by atoms with Gasteiger partial charge in [-0.3, -0.25) is 0 Å². The fourth-order valence-electron chi connectivity index (χ4n) is 1.51. The number of aromatic amines is 1. The zero-order valence-corrected chi connectivity index (χ0v) is 12.1. The predicted octanol–water partition coefficient (Wildman–Crippen LogP) is 2.77. The highest BCUT2D eigenvalue weighted by atomic mass is 79.9. The van der Waals surface area contributed by atoms with Crippen LogP contribution in [0.4, 0.5) is 0 Å². The molecule has 0 saturated heterocycles. The second-order valence-electron chi connectivity index (χ2n) is 3.49. The van der Waals surface area contributed by atoms with Crippen molar-refractivity contribution in [3.8, 4) is 17.0 Å². The number of carbonyl (C=O) groups is 1. The maximum Gasteiger partial charge on any atom is 0.361 e. The summed E-state index contributed by atoms with van der Waals surface area (Å²) in [6.45, 7) is 1.90. The minimum absolute atomic E-state index is 0.0138. The van der Waals surface area contributed by atoms with Gasteiger partial charge in [-0.2, -0.15) is 10.3 Å². The lowest BCUT2D eigenvalue weighted by Gasteiger charge is -2.07. The van der Waals surface area contributed by atoms with E-state index in [2.05, 4.69) is 31.3 Å². The minimum Gasteiger partial charge on any atom is -0.506 e. The van der Waals surface area contributed by atoms with E-state index in [4.69, 9.17) is 16.3 Å². The van der Waals surface area contributed by atoms with Crippen LogP contribution in [0.15, 0.2) is 16.6 Å². The summed E-state index contributed by atoms with van der Waals surface area (Å²) in [5.74, 6) is -0.812. The van der Waals surface area contributed by atoms with E-state index in [1.807, 2.05) is 0 Å². The number of phenols is 1. The molecule has 2 N–H and O–H groups in total. The van der Waals surface area contributed by atoms with Gasteiger partial charge < -0.3 is 9.84 Å². The van der Waals surface area contributed by atoms with Crippen LogP contribution in [0.1, 0.15) is 17.4 Å². The van der Waals surface area contributed by atoms with Gasteiger partial charge in [-0.1, -0.05) is 11.6 Å². The molecule has 6 nitrogen and oxygen atoms in total. The predicted molar refractivity (Wildman–Crippen MR) is 72.2 cm³/mol. The van der Waals surface area contributed by atoms with E-state index in [9.17, 15) is 9.90 Å². The molecule has 100 valence electrons. The summed E-state index contributed by atoms with van der Waals surface area (Å²) >= 11 is 9.12. The fraction of sp³-hybridized carbons (Fsp3) is 0.182. The van der Waals surface area contributed by atoms with Gasteiger partial charge in [0.2, 0.25) is 0 Å². The molecule has 2 rings (SSSR count). The molecule has 0 radical (unpaired) electrons. The Bertz CT molecular complexity index is 630. The third-order valence-electron chi connectivity index (χ3n) is 2.33. The molecule has 19 heavy (non-hydrogen) atoms. The van der Waals surface area contributed by atoms with Crippen molar-refractivity contribution in [2.45, 2.75) is 6.92 Å². The standard InChI is InChI=1S/C11H9BrClN3O3/c1-2-19-11(18)9-8(14-16-15-9)7-5(12)3-4-6(13)10(7)17/h3-4,17H,2H2,1H3,(H,14,15,16). The van der Waals surface area contributed by atoms with Gasteiger partial charge in [-0.05, 0) is 35.0 Å². The maximum absolute atomic E-state index is 11.7. The van der Waals surface area contributed by atoms with Crippen LogP contribution < -0.4 is 0 Å². The third kappa shape index (κ3) is 2.57. The van der Waals surface area contributed by atoms with Gasteiger partial charge in [-0.25, -0.2) is 4.79 Å². The van der Waals surface area contributed by atoms with Crippen molar-refractivity contribution >= 4 is 33.5 Å². The van der Waals surface area contributed by atoms with E-state index in [0.29, 0.717) is 4.47 Å². The van der Waals surface area contributed by atoms with Gasteiger partial charge in [0.05, 0.1) is 17.2 Å². The number of hydrogen-bond acceptors (Lipinski definition) is 5. The van der Waals surface area contributed by atoms with E-state index in [1.54, 1.807) is 13.0 Å². The Morgan fingerprint density at radius 2 is 2.26 bits per heavy atom. The second-order valence-corrected chi connectivity index (χ2v) is 4.76. The maximum atomic E-state index is 11.7. The van der Waals surface area contributed by atoms with Crippen molar-refractivity contribution in [3.63, 3.8) is 0 Å². The number of aromatic hydroxyl groups is 1. The molecule has 0 fully saturated rings. The Balaban J connectivity index is 2.58. The quantitative estimate of drug-likeness (QED) is 0.834. The Morgan fingerprint density at radius 1 is 1.53 bits per heavy atom. The van der Waals surface area contributed by atoms with Crippen LogP contribution in [-0.4, -0.2) is 33.1 Å². The summed E-state index contributed by atoms with van der Waals surface area (Å²) in [6.07, 6.45) is 0. The molecule has 0 atom stereocenters. The number of H-pyrrole nitrogens is 1. The summed E-state index contributed by atoms with van der Waals surface area (Å²) in [5.41, 5.74) is 0.440. The van der Waals surface area contributed by atoms with Gasteiger partial charge >= 0.3 is 5.97 Å². The summed E-state index contributed by atoms with van der Waals surface area (Å²) < 4.78 is 5.40. The number of ether oxygens (including phenoxy) is 1. The first-order valence-electron chi connectivity index (χ1n) is 5.31. The largest absolute Gasteiger partial charge is 0.506 e. The van der Waals surface area contributed by atoms with Gasteiger partial charge in [0.15, 0.2) is 5.69 Å². The summed E-state index contributed by atoms with van der Waals surface area (Å²) in [4.78, 5) is 11.7. The number of rotatable bonds is 3. The summed E-state index contributed by atoms with van der Waals surface area (Å²) in [6, 6.07) is 3.16. The molecule has 1 aromatic carbocycles. The first kappa shape index (κ1) is 13.8. The van der Waals surface area contributed by atoms with Gasteiger partial charge in [0, 0.05) is 4.47 Å². The van der Waals surface area contributed by atoms with E-state index in [-0.39, 0.29) is 34.3 Å². The highest BCUT2D eigenvalue weighted by Gasteiger charge is 2.24. The molecule has 2 aromatic rings. The van der Waals surface area contributed by atoms with Crippen LogP contribution in [0.2, 0.25) is 5.02 Å². The fourth-order valence-corrected chi connectivity index (χ4v) is 2.18. The molecule has 0 aliphatic carbocycles. The SMILES string of the molecule is CCOC(=O)c1n[nH]nc1-c1c(Br)ccc(Cl)c1O. The molecule has 0 amide bonds. The first-order valence-corrected chi connectivity index (χ1v) is 6.48. The van der Waals surface area contributed by atoms with Gasteiger partial charge in [0.1, 0.15) is 11.4 Å². The number of nitrogens with zero attached hydrogens (tertiary/aromatic N) is 2. The Labute approximate surface area is 121 Å². The Kier molecular flexibility index (Phi) is 4.06. The van der Waals surface area contributed by atoms with Crippen molar-refractivity contribution in [1.29, 1.82) is 0 Å². The molecular formula is C11H9BrClN3O3. The summed E-state index contributed by atoms with van der Waals surface area (Å²) in [7, 11) is 0. The van der Waals surface area contributed by atoms with Crippen molar-refractivity contribution < 1.29 is 14.6 Å². The van der Waals surface area contributed by atoms with Crippen molar-refractivity contribution in [3.05, 3.63) is 27.3 Å². The monoisotopic (exact) mass is 345 g/mol. The average molecular weight is 347 g/mol. The van der Waals surface area contributed by atoms with Gasteiger partial charge in [0.25, 0.3) is 0 Å². The number of aromatic nitrogens is 3. The molecule has 1 aromatic heterocycles.